The van der Waals surface area contributed by atoms with Crippen molar-refractivity contribution in [1.29, 1.82) is 5.26 Å². The third-order valence-electron chi connectivity index (χ3n) is 3.72. The average molecular weight is 361 g/mol. The predicted molar refractivity (Wildman–Crippen MR) is 102 cm³/mol. The maximum Gasteiger partial charge on any atom is 0.161 e. The fourth-order valence-corrected chi connectivity index (χ4v) is 2.44. The molecule has 1 atom stereocenters. The normalized spacial score (nSPS) is 11.4. The van der Waals surface area contributed by atoms with Gasteiger partial charge in [0.2, 0.25) is 0 Å². The van der Waals surface area contributed by atoms with Gasteiger partial charge in [-0.1, -0.05) is 18.2 Å². The number of ether oxygens (including phenoxy) is 2. The van der Waals surface area contributed by atoms with E-state index in [-0.39, 0.29) is 24.6 Å². The van der Waals surface area contributed by atoms with Gasteiger partial charge < -0.3 is 14.8 Å². The number of benzene rings is 2. The van der Waals surface area contributed by atoms with E-state index >= 15 is 0 Å². The lowest BCUT2D eigenvalue weighted by atomic mass is 10.1. The summed E-state index contributed by atoms with van der Waals surface area (Å²) in [6.07, 6.45) is 0.104. The number of rotatable bonds is 7. The summed E-state index contributed by atoms with van der Waals surface area (Å²) in [6, 6.07) is 15.9. The van der Waals surface area contributed by atoms with Crippen molar-refractivity contribution in [3.8, 4) is 17.6 Å². The van der Waals surface area contributed by atoms with Crippen molar-refractivity contribution in [1.82, 2.24) is 5.32 Å². The Morgan fingerprint density at radius 3 is 2.48 bits per heavy atom. The van der Waals surface area contributed by atoms with E-state index in [0.29, 0.717) is 12.1 Å². The van der Waals surface area contributed by atoms with Crippen LogP contribution in [0.4, 0.5) is 0 Å². The van der Waals surface area contributed by atoms with Gasteiger partial charge in [-0.3, -0.25) is 0 Å². The molecule has 25 heavy (non-hydrogen) atoms. The molecule has 0 aliphatic carbocycles. The number of nitrogens with one attached hydrogen (secondary N) is 1. The second kappa shape index (κ2) is 9.93. The minimum atomic E-state index is 0. The average Bonchev–Trinajstić information content (AvgIpc) is 2.59. The van der Waals surface area contributed by atoms with Crippen LogP contribution in [-0.4, -0.2) is 13.2 Å². The van der Waals surface area contributed by atoms with Gasteiger partial charge in [0.1, 0.15) is 0 Å². The molecular weight excluding hydrogens is 336 g/mol. The lowest BCUT2D eigenvalue weighted by Crippen LogP contribution is -2.18. The molecular formula is C20H25ClN2O2. The Morgan fingerprint density at radius 2 is 1.84 bits per heavy atom. The minimum Gasteiger partial charge on any atom is -0.493 e. The van der Waals surface area contributed by atoms with E-state index in [4.69, 9.17) is 14.7 Å². The molecule has 0 aromatic heterocycles. The minimum absolute atomic E-state index is 0. The smallest absolute Gasteiger partial charge is 0.161 e. The number of hydrogen-bond acceptors (Lipinski definition) is 4. The van der Waals surface area contributed by atoms with E-state index in [1.54, 1.807) is 7.11 Å². The molecule has 0 bridgehead atoms. The summed E-state index contributed by atoms with van der Waals surface area (Å²) in [4.78, 5) is 0. The third-order valence-corrected chi connectivity index (χ3v) is 3.72. The first-order valence-corrected chi connectivity index (χ1v) is 8.10. The Labute approximate surface area is 156 Å². The topological polar surface area (TPSA) is 54.3 Å². The van der Waals surface area contributed by atoms with Crippen LogP contribution in [0.5, 0.6) is 11.5 Å². The lowest BCUT2D eigenvalue weighted by Gasteiger charge is -2.18. The predicted octanol–water partition coefficient (Wildman–Crippen LogP) is 4.63. The van der Waals surface area contributed by atoms with Crippen molar-refractivity contribution in [3.63, 3.8) is 0 Å². The van der Waals surface area contributed by atoms with Crippen molar-refractivity contribution in [2.24, 2.45) is 0 Å². The summed E-state index contributed by atoms with van der Waals surface area (Å²) in [5.74, 6) is 1.49. The molecule has 1 unspecified atom stereocenters. The van der Waals surface area contributed by atoms with Crippen LogP contribution in [0.15, 0.2) is 42.5 Å². The maximum absolute atomic E-state index is 8.97. The van der Waals surface area contributed by atoms with Gasteiger partial charge in [-0.2, -0.15) is 5.26 Å². The van der Waals surface area contributed by atoms with Crippen LogP contribution >= 0.6 is 12.4 Å². The summed E-state index contributed by atoms with van der Waals surface area (Å²) >= 11 is 0. The van der Waals surface area contributed by atoms with Crippen molar-refractivity contribution in [2.75, 3.05) is 7.11 Å². The maximum atomic E-state index is 8.97. The first-order valence-electron chi connectivity index (χ1n) is 8.10. The lowest BCUT2D eigenvalue weighted by molar-refractivity contribution is 0.230. The quantitative estimate of drug-likeness (QED) is 0.782. The Hall–Kier alpha value is -2.22. The zero-order chi connectivity index (χ0) is 17.5. The molecule has 0 heterocycles. The largest absolute Gasteiger partial charge is 0.493 e. The third kappa shape index (κ3) is 5.97. The van der Waals surface area contributed by atoms with E-state index in [1.165, 1.54) is 0 Å². The SMILES string of the molecule is COc1cc(C(C)NCc2cccc(C#N)c2)ccc1OC(C)C.Cl. The zero-order valence-electron chi connectivity index (χ0n) is 15.1. The molecule has 5 heteroatoms. The van der Waals surface area contributed by atoms with E-state index in [2.05, 4.69) is 18.3 Å². The van der Waals surface area contributed by atoms with Crippen molar-refractivity contribution in [3.05, 3.63) is 59.2 Å². The fourth-order valence-electron chi connectivity index (χ4n) is 2.44. The monoisotopic (exact) mass is 360 g/mol. The second-order valence-corrected chi connectivity index (χ2v) is 5.99. The van der Waals surface area contributed by atoms with Crippen LogP contribution in [0, 0.1) is 11.3 Å². The molecule has 0 radical (unpaired) electrons. The highest BCUT2D eigenvalue weighted by Crippen LogP contribution is 2.31. The van der Waals surface area contributed by atoms with Crippen LogP contribution in [-0.2, 0) is 6.54 Å². The highest BCUT2D eigenvalue weighted by molar-refractivity contribution is 5.85. The molecule has 2 aromatic rings. The van der Waals surface area contributed by atoms with Crippen LogP contribution < -0.4 is 14.8 Å². The highest BCUT2D eigenvalue weighted by atomic mass is 35.5. The van der Waals surface area contributed by atoms with E-state index < -0.39 is 0 Å². The van der Waals surface area contributed by atoms with Gasteiger partial charge in [0, 0.05) is 12.6 Å². The Balaban J connectivity index is 0.00000312. The zero-order valence-corrected chi connectivity index (χ0v) is 15.9. The molecule has 0 saturated carbocycles. The highest BCUT2D eigenvalue weighted by Gasteiger charge is 2.11. The molecule has 2 rings (SSSR count). The molecule has 0 spiro atoms. The van der Waals surface area contributed by atoms with Crippen molar-refractivity contribution in [2.45, 2.75) is 39.5 Å². The van der Waals surface area contributed by atoms with Crippen LogP contribution in [0.1, 0.15) is 43.5 Å². The van der Waals surface area contributed by atoms with E-state index in [9.17, 15) is 0 Å². The van der Waals surface area contributed by atoms with Gasteiger partial charge >= 0.3 is 0 Å². The molecule has 134 valence electrons. The molecule has 2 aromatic carbocycles. The second-order valence-electron chi connectivity index (χ2n) is 5.99. The fraction of sp³-hybridized carbons (Fsp3) is 0.350. The first-order chi connectivity index (χ1) is 11.5. The molecule has 0 saturated heterocycles. The molecule has 0 aliphatic heterocycles. The molecule has 0 fully saturated rings. The van der Waals surface area contributed by atoms with Crippen molar-refractivity contribution >= 4 is 12.4 Å². The molecule has 0 aliphatic rings. The Bertz CT molecular complexity index is 726. The number of methoxy groups -OCH3 is 1. The van der Waals surface area contributed by atoms with Gasteiger partial charge in [0.15, 0.2) is 11.5 Å². The standard InChI is InChI=1S/C20H24N2O2.ClH/c1-14(2)24-19-9-8-18(11-20(19)23-4)15(3)22-13-17-7-5-6-16(10-17)12-21;/h5-11,14-15,22H,13H2,1-4H3;1H. The molecule has 1 N–H and O–H groups in total. The molecule has 4 nitrogen and oxygen atoms in total. The summed E-state index contributed by atoms with van der Waals surface area (Å²) in [5, 5.41) is 12.4. The summed E-state index contributed by atoms with van der Waals surface area (Å²) in [6.45, 7) is 6.79. The number of nitriles is 1. The summed E-state index contributed by atoms with van der Waals surface area (Å²) < 4.78 is 11.2. The van der Waals surface area contributed by atoms with Gasteiger partial charge in [0.25, 0.3) is 0 Å². The van der Waals surface area contributed by atoms with Gasteiger partial charge in [0.05, 0.1) is 24.8 Å². The molecule has 0 amide bonds. The van der Waals surface area contributed by atoms with E-state index in [0.717, 1.165) is 22.6 Å². The van der Waals surface area contributed by atoms with Crippen LogP contribution in [0.2, 0.25) is 0 Å². The summed E-state index contributed by atoms with van der Waals surface area (Å²) in [5.41, 5.74) is 2.89. The van der Waals surface area contributed by atoms with Crippen molar-refractivity contribution < 1.29 is 9.47 Å². The summed E-state index contributed by atoms with van der Waals surface area (Å²) in [7, 11) is 1.65. The number of hydrogen-bond donors (Lipinski definition) is 1. The number of halogens is 1. The Kier molecular flexibility index (Phi) is 8.27. The van der Waals surface area contributed by atoms with Gasteiger partial charge in [-0.15, -0.1) is 12.4 Å². The van der Waals surface area contributed by atoms with Crippen LogP contribution in [0.25, 0.3) is 0 Å². The number of nitrogens with zero attached hydrogens (tertiary/aromatic N) is 1. The van der Waals surface area contributed by atoms with Crippen LogP contribution in [0.3, 0.4) is 0 Å². The van der Waals surface area contributed by atoms with E-state index in [1.807, 2.05) is 56.3 Å². The first kappa shape index (κ1) is 20.8. The van der Waals surface area contributed by atoms with Gasteiger partial charge in [-0.25, -0.2) is 0 Å². The van der Waals surface area contributed by atoms with Gasteiger partial charge in [-0.05, 0) is 56.2 Å². The Morgan fingerprint density at radius 1 is 1.08 bits per heavy atom.